The van der Waals surface area contributed by atoms with Crippen LogP contribution in [0.15, 0.2) is 29.1 Å². The minimum atomic E-state index is -4.33. The van der Waals surface area contributed by atoms with E-state index in [0.717, 1.165) is 0 Å². The van der Waals surface area contributed by atoms with E-state index in [1.807, 2.05) is 0 Å². The number of aliphatic hydroxyl groups is 1. The highest BCUT2D eigenvalue weighted by molar-refractivity contribution is 7.47. The third kappa shape index (κ3) is 3.03. The fourth-order valence-electron chi connectivity index (χ4n) is 3.59. The van der Waals surface area contributed by atoms with Crippen LogP contribution in [0.25, 0.3) is 22.6 Å². The fraction of sp³-hybridized carbons (Fsp3) is 0.312. The van der Waals surface area contributed by atoms with Crippen molar-refractivity contribution in [1.82, 2.24) is 19.5 Å². The first-order valence-electron chi connectivity index (χ1n) is 8.76. The highest BCUT2D eigenvalue weighted by atomic mass is 31.2. The number of phosphoric acid groups is 1. The molecule has 2 aliphatic rings. The molecule has 0 bridgehead atoms. The van der Waals surface area contributed by atoms with Crippen LogP contribution in [0.1, 0.15) is 6.23 Å². The van der Waals surface area contributed by atoms with E-state index in [1.165, 1.54) is 28.8 Å². The third-order valence-corrected chi connectivity index (χ3v) is 5.88. The lowest BCUT2D eigenvalue weighted by Crippen LogP contribution is -2.39. The standard InChI is InChI=1S/C16H15FN5O7P/c17-7-3-1-6(2-4-7)12-19-9-13(20-16(18)21-14(9)24)22(12)15-10(23)11-8(28-15)5-27-30(25,26)29-11/h1-4,8,10-11,15,23H,5H2,(H,25,26)(H3,18,20,21,24)/t8?,10?,11-,15-/m1/s1. The topological polar surface area (TPSA) is 175 Å². The van der Waals surface area contributed by atoms with Crippen LogP contribution in [0.2, 0.25) is 0 Å². The minimum Gasteiger partial charge on any atom is -0.386 e. The molecule has 5 N–H and O–H groups in total. The zero-order chi connectivity index (χ0) is 21.2. The Labute approximate surface area is 166 Å². The largest absolute Gasteiger partial charge is 0.472 e. The Kier molecular flexibility index (Phi) is 4.29. The van der Waals surface area contributed by atoms with Crippen molar-refractivity contribution in [1.29, 1.82) is 0 Å². The number of fused-ring (bicyclic) bond motifs is 2. The lowest BCUT2D eigenvalue weighted by atomic mass is 10.1. The molecule has 5 rings (SSSR count). The normalized spacial score (nSPS) is 31.2. The lowest BCUT2D eigenvalue weighted by molar-refractivity contribution is -0.0660. The smallest absolute Gasteiger partial charge is 0.386 e. The van der Waals surface area contributed by atoms with Gasteiger partial charge in [-0.2, -0.15) is 4.98 Å². The summed E-state index contributed by atoms with van der Waals surface area (Å²) in [5.74, 6) is -0.526. The SMILES string of the molecule is Nc1nc2c(nc(-c3ccc(F)cc3)n2[C@@H]2OC3COP(=O)(O)O[C@H]3C2O)c(=O)[nH]1. The molecule has 2 saturated heterocycles. The average molecular weight is 439 g/mol. The van der Waals surface area contributed by atoms with E-state index in [1.54, 1.807) is 0 Å². The molecular formula is C16H15FN5O7P. The van der Waals surface area contributed by atoms with Gasteiger partial charge >= 0.3 is 7.82 Å². The van der Waals surface area contributed by atoms with Gasteiger partial charge in [0.1, 0.15) is 30.0 Å². The van der Waals surface area contributed by atoms with Gasteiger partial charge in [-0.1, -0.05) is 0 Å². The number of rotatable bonds is 2. The molecule has 14 heteroatoms. The molecular weight excluding hydrogens is 424 g/mol. The average Bonchev–Trinajstić information content (AvgIpc) is 3.20. The van der Waals surface area contributed by atoms with Gasteiger partial charge in [-0.05, 0) is 24.3 Å². The number of aromatic amines is 1. The molecule has 0 amide bonds. The quantitative estimate of drug-likeness (QED) is 0.406. The maximum atomic E-state index is 13.4. The maximum absolute atomic E-state index is 13.4. The summed E-state index contributed by atoms with van der Waals surface area (Å²) in [7, 11) is -4.33. The molecule has 3 unspecified atom stereocenters. The Morgan fingerprint density at radius 3 is 2.77 bits per heavy atom. The molecule has 0 radical (unpaired) electrons. The van der Waals surface area contributed by atoms with E-state index < -0.39 is 43.7 Å². The number of hydrogen-bond acceptors (Lipinski definition) is 9. The zero-order valence-corrected chi connectivity index (χ0v) is 15.9. The van der Waals surface area contributed by atoms with Crippen molar-refractivity contribution in [2.45, 2.75) is 24.5 Å². The summed E-state index contributed by atoms with van der Waals surface area (Å²) in [6.45, 7) is -0.291. The van der Waals surface area contributed by atoms with E-state index in [0.29, 0.717) is 5.56 Å². The number of nitrogens with zero attached hydrogens (tertiary/aromatic N) is 3. The van der Waals surface area contributed by atoms with Crippen molar-refractivity contribution in [3.63, 3.8) is 0 Å². The Bertz CT molecular complexity index is 1250. The first-order chi connectivity index (χ1) is 14.2. The first kappa shape index (κ1) is 19.3. The predicted molar refractivity (Wildman–Crippen MR) is 98.5 cm³/mol. The van der Waals surface area contributed by atoms with Crippen molar-refractivity contribution in [3.8, 4) is 11.4 Å². The second-order valence-electron chi connectivity index (χ2n) is 6.83. The number of hydrogen-bond donors (Lipinski definition) is 4. The van der Waals surface area contributed by atoms with Crippen LogP contribution >= 0.6 is 7.82 Å². The van der Waals surface area contributed by atoms with Gasteiger partial charge in [-0.3, -0.25) is 23.4 Å². The van der Waals surface area contributed by atoms with Crippen molar-refractivity contribution in [2.24, 2.45) is 0 Å². The van der Waals surface area contributed by atoms with E-state index in [2.05, 4.69) is 15.0 Å². The van der Waals surface area contributed by atoms with Crippen molar-refractivity contribution in [3.05, 3.63) is 40.4 Å². The molecule has 4 heterocycles. The molecule has 1 aromatic carbocycles. The molecule has 0 spiro atoms. The molecule has 0 saturated carbocycles. The van der Waals surface area contributed by atoms with Gasteiger partial charge in [-0.15, -0.1) is 0 Å². The molecule has 5 atom stereocenters. The van der Waals surface area contributed by atoms with Gasteiger partial charge in [0.2, 0.25) is 5.95 Å². The van der Waals surface area contributed by atoms with Gasteiger partial charge in [0, 0.05) is 5.56 Å². The highest BCUT2D eigenvalue weighted by Gasteiger charge is 2.53. The Hall–Kier alpha value is -2.67. The number of ether oxygens (including phenoxy) is 1. The first-order valence-corrected chi connectivity index (χ1v) is 10.3. The predicted octanol–water partition coefficient (Wildman–Crippen LogP) is 0.282. The van der Waals surface area contributed by atoms with Crippen LogP contribution in [-0.4, -0.2) is 54.4 Å². The van der Waals surface area contributed by atoms with E-state index in [4.69, 9.17) is 19.5 Å². The number of nitrogens with one attached hydrogen (secondary N) is 1. The van der Waals surface area contributed by atoms with Crippen LogP contribution in [0, 0.1) is 5.82 Å². The summed E-state index contributed by atoms with van der Waals surface area (Å²) < 4.78 is 42.0. The Morgan fingerprint density at radius 2 is 2.03 bits per heavy atom. The van der Waals surface area contributed by atoms with Crippen molar-refractivity contribution >= 4 is 24.9 Å². The summed E-state index contributed by atoms with van der Waals surface area (Å²) in [6.07, 6.45) is -4.67. The van der Waals surface area contributed by atoms with E-state index in [-0.39, 0.29) is 29.5 Å². The molecule has 2 aromatic heterocycles. The highest BCUT2D eigenvalue weighted by Crippen LogP contribution is 2.52. The number of phosphoric ester groups is 1. The van der Waals surface area contributed by atoms with Crippen LogP contribution in [-0.2, 0) is 18.3 Å². The van der Waals surface area contributed by atoms with Gasteiger partial charge < -0.3 is 20.5 Å². The van der Waals surface area contributed by atoms with E-state index >= 15 is 0 Å². The molecule has 158 valence electrons. The zero-order valence-electron chi connectivity index (χ0n) is 15.0. The molecule has 0 aliphatic carbocycles. The molecule has 2 fully saturated rings. The monoisotopic (exact) mass is 439 g/mol. The van der Waals surface area contributed by atoms with Crippen LogP contribution < -0.4 is 11.3 Å². The van der Waals surface area contributed by atoms with Gasteiger partial charge in [0.05, 0.1) is 6.61 Å². The number of halogens is 1. The van der Waals surface area contributed by atoms with Crippen LogP contribution in [0.4, 0.5) is 10.3 Å². The number of nitrogens with two attached hydrogens (primary N) is 1. The number of imidazole rings is 1. The van der Waals surface area contributed by atoms with Crippen molar-refractivity contribution < 1.29 is 32.7 Å². The number of aromatic nitrogens is 4. The van der Waals surface area contributed by atoms with Crippen LogP contribution in [0.3, 0.4) is 0 Å². The summed E-state index contributed by atoms with van der Waals surface area (Å²) in [5.41, 5.74) is 5.38. The number of nitrogen functional groups attached to an aromatic ring is 1. The molecule has 12 nitrogen and oxygen atoms in total. The van der Waals surface area contributed by atoms with E-state index in [9.17, 15) is 23.7 Å². The minimum absolute atomic E-state index is 0.00590. The molecule has 30 heavy (non-hydrogen) atoms. The summed E-state index contributed by atoms with van der Waals surface area (Å²) in [4.78, 5) is 32.7. The van der Waals surface area contributed by atoms with Gasteiger partial charge in [-0.25, -0.2) is 13.9 Å². The Morgan fingerprint density at radius 1 is 1.30 bits per heavy atom. The summed E-state index contributed by atoms with van der Waals surface area (Å²) in [5, 5.41) is 10.8. The molecule has 3 aromatic rings. The molecule has 2 aliphatic heterocycles. The Balaban J connectivity index is 1.70. The number of H-pyrrole nitrogens is 1. The van der Waals surface area contributed by atoms with Crippen LogP contribution in [0.5, 0.6) is 0 Å². The fourth-order valence-corrected chi connectivity index (χ4v) is 4.56. The lowest BCUT2D eigenvalue weighted by Gasteiger charge is -2.27. The number of anilines is 1. The summed E-state index contributed by atoms with van der Waals surface area (Å²) in [6, 6.07) is 5.27. The summed E-state index contributed by atoms with van der Waals surface area (Å²) >= 11 is 0. The second-order valence-corrected chi connectivity index (χ2v) is 8.23. The maximum Gasteiger partial charge on any atom is 0.472 e. The number of benzene rings is 1. The second kappa shape index (κ2) is 6.67. The number of aliphatic hydroxyl groups excluding tert-OH is 1. The third-order valence-electron chi connectivity index (χ3n) is 4.89. The van der Waals surface area contributed by atoms with Gasteiger partial charge in [0.25, 0.3) is 5.56 Å². The van der Waals surface area contributed by atoms with Gasteiger partial charge in [0.15, 0.2) is 17.4 Å². The van der Waals surface area contributed by atoms with Crippen molar-refractivity contribution in [2.75, 3.05) is 12.3 Å².